The number of amides is 1. The lowest BCUT2D eigenvalue weighted by molar-refractivity contribution is -0.154. The molecule has 1 amide bonds. The zero-order valence-corrected chi connectivity index (χ0v) is 22.0. The summed E-state index contributed by atoms with van der Waals surface area (Å²) in [6.07, 6.45) is 7.64. The van der Waals surface area contributed by atoms with Gasteiger partial charge >= 0.3 is 5.97 Å². The predicted molar refractivity (Wildman–Crippen MR) is 146 cm³/mol. The molecule has 1 atom stereocenters. The zero-order valence-electron chi connectivity index (χ0n) is 21.2. The van der Waals surface area contributed by atoms with Gasteiger partial charge in [0.15, 0.2) is 0 Å². The van der Waals surface area contributed by atoms with E-state index in [0.29, 0.717) is 24.3 Å². The lowest BCUT2D eigenvalue weighted by atomic mass is 10.1. The molecule has 0 spiro atoms. The molecule has 1 unspecified atom stereocenters. The van der Waals surface area contributed by atoms with Crippen molar-refractivity contribution in [1.29, 1.82) is 0 Å². The van der Waals surface area contributed by atoms with Crippen LogP contribution in [0.3, 0.4) is 0 Å². The molecule has 2 aromatic rings. The van der Waals surface area contributed by atoms with E-state index in [1.807, 2.05) is 56.3 Å². The summed E-state index contributed by atoms with van der Waals surface area (Å²) in [7, 11) is 3.18. The summed E-state index contributed by atoms with van der Waals surface area (Å²) >= 11 is 1.27. The number of carbonyl (C=O) groups excluding carboxylic acids is 2. The maximum absolute atomic E-state index is 13.1. The number of hydrogen-bond acceptors (Lipinski definition) is 7. The first kappa shape index (κ1) is 28.7. The molecule has 0 aliphatic rings. The van der Waals surface area contributed by atoms with Gasteiger partial charge in [-0.25, -0.2) is 0 Å². The summed E-state index contributed by atoms with van der Waals surface area (Å²) in [5, 5.41) is 3.60. The molecule has 36 heavy (non-hydrogen) atoms. The van der Waals surface area contributed by atoms with Crippen molar-refractivity contribution in [3.8, 4) is 11.5 Å². The molecular formula is C28H34N2O5S. The van der Waals surface area contributed by atoms with Crippen molar-refractivity contribution >= 4 is 29.9 Å². The highest BCUT2D eigenvalue weighted by molar-refractivity contribution is 8.03. The zero-order chi connectivity index (χ0) is 26.2. The maximum atomic E-state index is 13.1. The lowest BCUT2D eigenvalue weighted by Gasteiger charge is -2.18. The Hall–Kier alpha value is -3.52. The fourth-order valence-corrected chi connectivity index (χ4v) is 3.84. The first-order chi connectivity index (χ1) is 17.5. The second-order valence-corrected chi connectivity index (χ2v) is 8.57. The van der Waals surface area contributed by atoms with Gasteiger partial charge in [-0.1, -0.05) is 55.1 Å². The summed E-state index contributed by atoms with van der Waals surface area (Å²) in [6, 6.07) is 14.5. The number of esters is 1. The molecular weight excluding hydrogens is 476 g/mol. The van der Waals surface area contributed by atoms with Crippen molar-refractivity contribution in [2.24, 2.45) is 4.99 Å². The number of methoxy groups -OCH3 is 2. The number of ether oxygens (including phenoxy) is 3. The predicted octanol–water partition coefficient (Wildman–Crippen LogP) is 5.28. The Labute approximate surface area is 217 Å². The smallest absolute Gasteiger partial charge is 0.317 e. The number of carbonyl (C=O) groups is 2. The molecule has 192 valence electrons. The third-order valence-electron chi connectivity index (χ3n) is 4.97. The molecule has 2 aromatic carbocycles. The first-order valence-corrected chi connectivity index (χ1v) is 12.7. The van der Waals surface area contributed by atoms with E-state index in [4.69, 9.17) is 14.2 Å². The summed E-state index contributed by atoms with van der Waals surface area (Å²) < 4.78 is 16.0. The largest absolute Gasteiger partial charge is 0.497 e. The molecule has 0 aromatic heterocycles. The van der Waals surface area contributed by atoms with Crippen molar-refractivity contribution in [2.45, 2.75) is 32.8 Å². The average molecular weight is 511 g/mol. The fourth-order valence-electron chi connectivity index (χ4n) is 3.09. The minimum atomic E-state index is -1.08. The molecule has 8 heteroatoms. The van der Waals surface area contributed by atoms with E-state index in [-0.39, 0.29) is 11.7 Å². The third-order valence-corrected chi connectivity index (χ3v) is 5.92. The average Bonchev–Trinajstić information content (AvgIpc) is 2.91. The summed E-state index contributed by atoms with van der Waals surface area (Å²) in [6.45, 7) is 4.30. The van der Waals surface area contributed by atoms with Crippen molar-refractivity contribution in [3.05, 3.63) is 82.9 Å². The number of benzene rings is 2. The molecule has 0 fully saturated rings. The molecule has 0 aliphatic carbocycles. The van der Waals surface area contributed by atoms with Gasteiger partial charge in [-0.15, -0.1) is 0 Å². The van der Waals surface area contributed by atoms with E-state index in [1.54, 1.807) is 44.7 Å². The van der Waals surface area contributed by atoms with Gasteiger partial charge in [0.1, 0.15) is 11.5 Å². The Morgan fingerprint density at radius 1 is 1.03 bits per heavy atom. The van der Waals surface area contributed by atoms with Crippen molar-refractivity contribution in [2.75, 3.05) is 26.5 Å². The fraction of sp³-hybridized carbons (Fsp3) is 0.321. The van der Waals surface area contributed by atoms with Crippen molar-refractivity contribution in [3.63, 3.8) is 0 Å². The monoisotopic (exact) mass is 510 g/mol. The normalized spacial score (nSPS) is 12.5. The second-order valence-electron chi connectivity index (χ2n) is 7.58. The molecule has 7 nitrogen and oxygen atoms in total. The van der Waals surface area contributed by atoms with Crippen LogP contribution < -0.4 is 14.8 Å². The van der Waals surface area contributed by atoms with Crippen LogP contribution in [-0.4, -0.2) is 44.6 Å². The number of rotatable bonds is 14. The van der Waals surface area contributed by atoms with Gasteiger partial charge in [-0.3, -0.25) is 14.6 Å². The molecule has 1 N–H and O–H groups in total. The van der Waals surface area contributed by atoms with Gasteiger partial charge in [0.05, 0.1) is 25.0 Å². The first-order valence-electron chi connectivity index (χ1n) is 11.7. The highest BCUT2D eigenvalue weighted by Crippen LogP contribution is 2.24. The molecule has 0 bridgehead atoms. The third kappa shape index (κ3) is 10.00. The quantitative estimate of drug-likeness (QED) is 0.275. The number of aliphatic imine (C=N–C) groups is 1. The van der Waals surface area contributed by atoms with Crippen LogP contribution in [0.2, 0.25) is 0 Å². The molecule has 0 saturated heterocycles. The highest BCUT2D eigenvalue weighted by Gasteiger charge is 2.25. The minimum Gasteiger partial charge on any atom is -0.497 e. The van der Waals surface area contributed by atoms with Crippen LogP contribution in [-0.2, 0) is 20.7 Å². The van der Waals surface area contributed by atoms with E-state index in [0.717, 1.165) is 22.8 Å². The molecule has 0 heterocycles. The number of hydrogen-bond donors (Lipinski definition) is 1. The van der Waals surface area contributed by atoms with Gasteiger partial charge < -0.3 is 19.5 Å². The van der Waals surface area contributed by atoms with Gasteiger partial charge in [0.2, 0.25) is 6.10 Å². The van der Waals surface area contributed by atoms with Crippen LogP contribution in [0.25, 0.3) is 0 Å². The SMILES string of the molecule is C\C=C/C=N\C(=C\CC)SCC(=O)OC(C(=O)NCCc1ccc(OC)cc1)c1ccc(OC)cc1. The molecule has 0 radical (unpaired) electrons. The lowest BCUT2D eigenvalue weighted by Crippen LogP contribution is -2.33. The Bertz CT molecular complexity index is 1050. The van der Waals surface area contributed by atoms with Crippen LogP contribution >= 0.6 is 11.8 Å². The van der Waals surface area contributed by atoms with Crippen molar-refractivity contribution < 1.29 is 23.8 Å². The number of nitrogens with zero attached hydrogens (tertiary/aromatic N) is 1. The Balaban J connectivity index is 2.04. The van der Waals surface area contributed by atoms with Crippen LogP contribution in [0.5, 0.6) is 11.5 Å². The summed E-state index contributed by atoms with van der Waals surface area (Å²) in [5.41, 5.74) is 1.62. The van der Waals surface area contributed by atoms with Crippen LogP contribution in [0.4, 0.5) is 0 Å². The minimum absolute atomic E-state index is 0.0325. The maximum Gasteiger partial charge on any atom is 0.317 e. The van der Waals surface area contributed by atoms with Crippen LogP contribution in [0.15, 0.2) is 76.8 Å². The molecule has 0 aliphatic heterocycles. The standard InChI is InChI=1S/C28H34N2O5S/c1-5-7-18-29-25(8-6-2)36-20-26(31)35-27(22-11-15-24(34-4)16-12-22)28(32)30-19-17-21-9-13-23(33-3)14-10-21/h5,7-16,18,27H,6,17,19-20H2,1-4H3,(H,30,32)/b7-5-,25-8-,29-18-. The number of allylic oxidation sites excluding steroid dienone is 3. The van der Waals surface area contributed by atoms with E-state index in [9.17, 15) is 9.59 Å². The van der Waals surface area contributed by atoms with Crippen LogP contribution in [0, 0.1) is 0 Å². The highest BCUT2D eigenvalue weighted by atomic mass is 32.2. The van der Waals surface area contributed by atoms with Gasteiger partial charge in [-0.05, 0) is 55.7 Å². The number of thioether (sulfide) groups is 1. The Kier molecular flexibility index (Phi) is 12.9. The van der Waals surface area contributed by atoms with Crippen LogP contribution in [0.1, 0.15) is 37.5 Å². The van der Waals surface area contributed by atoms with Crippen molar-refractivity contribution in [1.82, 2.24) is 5.32 Å². The van der Waals surface area contributed by atoms with E-state index in [1.165, 1.54) is 11.8 Å². The number of nitrogens with one attached hydrogen (secondary N) is 1. The summed E-state index contributed by atoms with van der Waals surface area (Å²) in [4.78, 5) is 30.1. The van der Waals surface area contributed by atoms with E-state index < -0.39 is 12.1 Å². The Morgan fingerprint density at radius 3 is 2.25 bits per heavy atom. The molecule has 0 saturated carbocycles. The topological polar surface area (TPSA) is 86.2 Å². The van der Waals surface area contributed by atoms with E-state index in [2.05, 4.69) is 10.3 Å². The van der Waals surface area contributed by atoms with E-state index >= 15 is 0 Å². The van der Waals surface area contributed by atoms with Gasteiger partial charge in [0.25, 0.3) is 5.91 Å². The summed E-state index contributed by atoms with van der Waals surface area (Å²) in [5.74, 6) is 0.561. The second kappa shape index (κ2) is 16.2. The molecule has 2 rings (SSSR count). The Morgan fingerprint density at radius 2 is 1.67 bits per heavy atom. The van der Waals surface area contributed by atoms with Gasteiger partial charge in [-0.2, -0.15) is 0 Å². The van der Waals surface area contributed by atoms with Gasteiger partial charge in [0, 0.05) is 18.3 Å².